The number of H-pyrrole nitrogens is 1. The molecule has 0 aliphatic rings. The minimum atomic E-state index is -4.67. The van der Waals surface area contributed by atoms with Gasteiger partial charge in [0.25, 0.3) is 5.91 Å². The molecule has 5 nitrogen and oxygen atoms in total. The molecular weight excluding hydrogens is 459 g/mol. The van der Waals surface area contributed by atoms with Gasteiger partial charge >= 0.3 is 12.1 Å². The Morgan fingerprint density at radius 1 is 0.912 bits per heavy atom. The van der Waals surface area contributed by atoms with Crippen molar-refractivity contribution >= 4 is 22.8 Å². The first-order valence-electron chi connectivity index (χ1n) is 9.83. The van der Waals surface area contributed by atoms with Gasteiger partial charge in [-0.05, 0) is 48.0 Å². The first-order valence-corrected chi connectivity index (χ1v) is 9.83. The summed E-state index contributed by atoms with van der Waals surface area (Å²) in [7, 11) is 0. The lowest BCUT2D eigenvalue weighted by Gasteiger charge is -2.11. The van der Waals surface area contributed by atoms with Crippen molar-refractivity contribution in [2.45, 2.75) is 12.7 Å². The van der Waals surface area contributed by atoms with Gasteiger partial charge in [0.1, 0.15) is 17.3 Å². The van der Waals surface area contributed by atoms with Gasteiger partial charge in [-0.2, -0.15) is 13.2 Å². The number of carboxylic acid groups (broad SMARTS) is 1. The van der Waals surface area contributed by atoms with Gasteiger partial charge in [-0.3, -0.25) is 4.79 Å². The molecule has 34 heavy (non-hydrogen) atoms. The largest absolute Gasteiger partial charge is 0.477 e. The standard InChI is InChI=1S/C24H15F5N2O3/c25-18-7-5-14(24(27,28)29)8-13(18)11-30-22(32)12-4-6-16(19(26)9-12)15-2-1-3-20-17(15)10-21(31-20)23(33)34/h1-10,31H,11H2,(H,30,32)(H,33,34). The van der Waals surface area contributed by atoms with E-state index in [1.165, 1.54) is 18.2 Å². The number of aromatic carboxylic acids is 1. The topological polar surface area (TPSA) is 82.2 Å². The lowest BCUT2D eigenvalue weighted by atomic mass is 9.99. The SMILES string of the molecule is O=C(NCc1cc(C(F)(F)F)ccc1F)c1ccc(-c2cccc3[nH]c(C(=O)O)cc23)c(F)c1. The molecule has 0 radical (unpaired) electrons. The van der Waals surface area contributed by atoms with Crippen LogP contribution >= 0.6 is 0 Å². The number of hydrogen-bond acceptors (Lipinski definition) is 2. The number of hydrogen-bond donors (Lipinski definition) is 3. The van der Waals surface area contributed by atoms with Gasteiger partial charge in [-0.15, -0.1) is 0 Å². The molecule has 0 saturated heterocycles. The highest BCUT2D eigenvalue weighted by atomic mass is 19.4. The molecule has 0 fully saturated rings. The Kier molecular flexibility index (Phi) is 5.82. The van der Waals surface area contributed by atoms with Crippen molar-refractivity contribution in [3.05, 3.63) is 94.7 Å². The van der Waals surface area contributed by atoms with E-state index in [0.717, 1.165) is 6.07 Å². The fourth-order valence-electron chi connectivity index (χ4n) is 3.54. The van der Waals surface area contributed by atoms with Gasteiger partial charge in [-0.1, -0.05) is 18.2 Å². The number of halogens is 5. The molecule has 0 bridgehead atoms. The van der Waals surface area contributed by atoms with Crippen LogP contribution in [0.5, 0.6) is 0 Å². The molecule has 0 aliphatic carbocycles. The van der Waals surface area contributed by atoms with Crippen LogP contribution in [0.2, 0.25) is 0 Å². The van der Waals surface area contributed by atoms with Crippen LogP contribution in [0.4, 0.5) is 22.0 Å². The number of aromatic nitrogens is 1. The van der Waals surface area contributed by atoms with Crippen molar-refractivity contribution < 1.29 is 36.6 Å². The van der Waals surface area contributed by atoms with Crippen molar-refractivity contribution in [2.75, 3.05) is 0 Å². The molecule has 1 aromatic heterocycles. The van der Waals surface area contributed by atoms with Crippen molar-refractivity contribution in [1.29, 1.82) is 0 Å². The zero-order valence-electron chi connectivity index (χ0n) is 17.1. The van der Waals surface area contributed by atoms with Crippen LogP contribution in [-0.4, -0.2) is 22.0 Å². The number of aromatic amines is 1. The lowest BCUT2D eigenvalue weighted by molar-refractivity contribution is -0.137. The molecule has 1 amide bonds. The number of carbonyl (C=O) groups is 2. The summed E-state index contributed by atoms with van der Waals surface area (Å²) in [6.45, 7) is -0.529. The highest BCUT2D eigenvalue weighted by Gasteiger charge is 2.31. The van der Waals surface area contributed by atoms with E-state index in [-0.39, 0.29) is 22.4 Å². The lowest BCUT2D eigenvalue weighted by Crippen LogP contribution is -2.23. The van der Waals surface area contributed by atoms with E-state index in [4.69, 9.17) is 0 Å². The van der Waals surface area contributed by atoms with Crippen LogP contribution in [-0.2, 0) is 12.7 Å². The van der Waals surface area contributed by atoms with Gasteiger partial charge in [0, 0.05) is 34.1 Å². The Labute approximate surface area is 188 Å². The summed E-state index contributed by atoms with van der Waals surface area (Å²) < 4.78 is 67.3. The van der Waals surface area contributed by atoms with E-state index in [2.05, 4.69) is 10.3 Å². The molecular formula is C24H15F5N2O3. The van der Waals surface area contributed by atoms with Crippen molar-refractivity contribution in [3.63, 3.8) is 0 Å². The molecule has 0 aliphatic heterocycles. The minimum Gasteiger partial charge on any atom is -0.477 e. The Morgan fingerprint density at radius 2 is 1.68 bits per heavy atom. The number of fused-ring (bicyclic) bond motifs is 1. The molecule has 4 rings (SSSR count). The summed E-state index contributed by atoms with van der Waals surface area (Å²) in [6.07, 6.45) is -4.67. The average molecular weight is 474 g/mol. The Morgan fingerprint density at radius 3 is 2.35 bits per heavy atom. The number of nitrogens with one attached hydrogen (secondary N) is 2. The number of amides is 1. The summed E-state index contributed by atoms with van der Waals surface area (Å²) in [4.78, 5) is 26.4. The predicted octanol–water partition coefficient (Wildman–Crippen LogP) is 5.76. The van der Waals surface area contributed by atoms with Crippen LogP contribution in [0.15, 0.2) is 60.7 Å². The fourth-order valence-corrected chi connectivity index (χ4v) is 3.54. The zero-order valence-corrected chi connectivity index (χ0v) is 17.1. The molecule has 0 unspecified atom stereocenters. The monoisotopic (exact) mass is 474 g/mol. The number of benzene rings is 3. The molecule has 3 N–H and O–H groups in total. The maximum Gasteiger partial charge on any atom is 0.416 e. The van der Waals surface area contributed by atoms with E-state index >= 15 is 0 Å². The summed E-state index contributed by atoms with van der Waals surface area (Å²) >= 11 is 0. The summed E-state index contributed by atoms with van der Waals surface area (Å²) in [5.74, 6) is -3.68. The second-order valence-corrected chi connectivity index (χ2v) is 7.44. The third-order valence-corrected chi connectivity index (χ3v) is 5.23. The summed E-state index contributed by atoms with van der Waals surface area (Å²) in [6, 6.07) is 11.7. The Balaban J connectivity index is 1.57. The van der Waals surface area contributed by atoms with Crippen LogP contribution in [0.25, 0.3) is 22.0 Å². The predicted molar refractivity (Wildman–Crippen MR) is 113 cm³/mol. The Hall–Kier alpha value is -4.21. The van der Waals surface area contributed by atoms with Gasteiger partial charge < -0.3 is 15.4 Å². The fraction of sp³-hybridized carbons (Fsp3) is 0.0833. The van der Waals surface area contributed by atoms with E-state index in [0.29, 0.717) is 34.7 Å². The van der Waals surface area contributed by atoms with Crippen molar-refractivity contribution in [2.24, 2.45) is 0 Å². The van der Waals surface area contributed by atoms with E-state index in [1.54, 1.807) is 18.2 Å². The first kappa shape index (κ1) is 23.0. The third kappa shape index (κ3) is 4.47. The molecule has 4 aromatic rings. The molecule has 1 heterocycles. The zero-order chi connectivity index (χ0) is 24.6. The van der Waals surface area contributed by atoms with E-state index in [9.17, 15) is 36.6 Å². The summed E-state index contributed by atoms with van der Waals surface area (Å²) in [5, 5.41) is 11.9. The van der Waals surface area contributed by atoms with Crippen molar-refractivity contribution in [3.8, 4) is 11.1 Å². The number of rotatable bonds is 5. The van der Waals surface area contributed by atoms with Crippen LogP contribution in [0.3, 0.4) is 0 Å². The molecule has 3 aromatic carbocycles. The second kappa shape index (κ2) is 8.62. The molecule has 0 saturated carbocycles. The summed E-state index contributed by atoms with van der Waals surface area (Å²) in [5.41, 5.74) is -0.619. The van der Waals surface area contributed by atoms with Crippen LogP contribution < -0.4 is 5.32 Å². The second-order valence-electron chi connectivity index (χ2n) is 7.44. The highest BCUT2D eigenvalue weighted by molar-refractivity contribution is 6.01. The van der Waals surface area contributed by atoms with Gasteiger partial charge in [0.15, 0.2) is 0 Å². The third-order valence-electron chi connectivity index (χ3n) is 5.23. The van der Waals surface area contributed by atoms with Gasteiger partial charge in [-0.25, -0.2) is 13.6 Å². The van der Waals surface area contributed by atoms with E-state index < -0.39 is 41.8 Å². The van der Waals surface area contributed by atoms with Crippen molar-refractivity contribution in [1.82, 2.24) is 10.3 Å². The quantitative estimate of drug-likeness (QED) is 0.322. The highest BCUT2D eigenvalue weighted by Crippen LogP contribution is 2.32. The maximum absolute atomic E-state index is 14.9. The van der Waals surface area contributed by atoms with Crippen LogP contribution in [0.1, 0.15) is 32.0 Å². The maximum atomic E-state index is 14.9. The minimum absolute atomic E-state index is 0.0688. The normalized spacial score (nSPS) is 11.6. The van der Waals surface area contributed by atoms with Gasteiger partial charge in [0.05, 0.1) is 5.56 Å². The first-order chi connectivity index (χ1) is 16.0. The average Bonchev–Trinajstić information content (AvgIpc) is 3.22. The van der Waals surface area contributed by atoms with E-state index in [1.807, 2.05) is 0 Å². The number of carboxylic acids is 1. The molecule has 174 valence electrons. The molecule has 10 heteroatoms. The van der Waals surface area contributed by atoms with Gasteiger partial charge in [0.2, 0.25) is 0 Å². The number of alkyl halides is 3. The molecule has 0 spiro atoms. The molecule has 0 atom stereocenters. The smallest absolute Gasteiger partial charge is 0.416 e. The number of carbonyl (C=O) groups excluding carboxylic acids is 1. The van der Waals surface area contributed by atoms with Crippen LogP contribution in [0, 0.1) is 11.6 Å². The Bertz CT molecular complexity index is 1430.